The Morgan fingerprint density at radius 1 is 1.30 bits per heavy atom. The number of H-pyrrole nitrogens is 1. The molecule has 0 saturated carbocycles. The number of rotatable bonds is 3. The normalized spacial score (nSPS) is 10.5. The van der Waals surface area contributed by atoms with Gasteiger partial charge in [0, 0.05) is 16.8 Å². The van der Waals surface area contributed by atoms with Crippen molar-refractivity contribution in [3.05, 3.63) is 63.7 Å². The summed E-state index contributed by atoms with van der Waals surface area (Å²) in [5.41, 5.74) is 0.847. The zero-order valence-corrected chi connectivity index (χ0v) is 12.7. The minimum Gasteiger partial charge on any atom is -0.465 e. The molecule has 116 valence electrons. The third-order valence-corrected chi connectivity index (χ3v) is 3.44. The lowest BCUT2D eigenvalue weighted by Gasteiger charge is -2.08. The van der Waals surface area contributed by atoms with E-state index in [9.17, 15) is 9.59 Å². The summed E-state index contributed by atoms with van der Waals surface area (Å²) >= 11 is 5.88. The summed E-state index contributed by atoms with van der Waals surface area (Å²) in [5.74, 6) is -0.732. The zero-order valence-electron chi connectivity index (χ0n) is 12.0. The lowest BCUT2D eigenvalue weighted by atomic mass is 10.1. The molecule has 0 bridgehead atoms. The second-order valence-electron chi connectivity index (χ2n) is 4.62. The Bertz CT molecular complexity index is 901. The largest absolute Gasteiger partial charge is 0.465 e. The fourth-order valence-corrected chi connectivity index (χ4v) is 2.17. The molecule has 0 unspecified atom stereocenters. The van der Waals surface area contributed by atoms with Gasteiger partial charge in [-0.2, -0.15) is 14.9 Å². The molecule has 7 nitrogen and oxygen atoms in total. The number of hydrogen-bond acceptors (Lipinski definition) is 5. The van der Waals surface area contributed by atoms with Crippen molar-refractivity contribution in [3.8, 4) is 16.9 Å². The van der Waals surface area contributed by atoms with E-state index in [1.165, 1.54) is 25.6 Å². The van der Waals surface area contributed by atoms with Gasteiger partial charge in [-0.1, -0.05) is 23.7 Å². The lowest BCUT2D eigenvalue weighted by Crippen LogP contribution is -2.28. The molecule has 0 saturated heterocycles. The first-order chi connectivity index (χ1) is 11.1. The molecule has 1 aromatic carbocycles. The van der Waals surface area contributed by atoms with Gasteiger partial charge < -0.3 is 4.74 Å². The summed E-state index contributed by atoms with van der Waals surface area (Å²) in [7, 11) is 1.21. The fourth-order valence-electron chi connectivity index (χ4n) is 2.05. The molecule has 2 aromatic heterocycles. The van der Waals surface area contributed by atoms with Crippen LogP contribution in [0.1, 0.15) is 10.4 Å². The number of carbonyl (C=O) groups is 1. The maximum atomic E-state index is 12.4. The maximum absolute atomic E-state index is 12.4. The Morgan fingerprint density at radius 2 is 2.04 bits per heavy atom. The van der Waals surface area contributed by atoms with Crippen LogP contribution in [0.5, 0.6) is 0 Å². The van der Waals surface area contributed by atoms with E-state index in [0.717, 1.165) is 4.68 Å². The monoisotopic (exact) mass is 330 g/mol. The summed E-state index contributed by atoms with van der Waals surface area (Å²) in [4.78, 5) is 24.3. The standard InChI is InChI=1S/C15H11ClN4O3/c1-23-15(22)12-6-13(9-2-4-10(16)5-3-9)19-20(14(12)21)11-7-17-18-8-11/h2-8H,1H3,(H,17,18). The smallest absolute Gasteiger partial charge is 0.343 e. The van der Waals surface area contributed by atoms with E-state index >= 15 is 0 Å². The van der Waals surface area contributed by atoms with Gasteiger partial charge >= 0.3 is 5.97 Å². The second kappa shape index (κ2) is 6.05. The number of ether oxygens (including phenoxy) is 1. The van der Waals surface area contributed by atoms with Gasteiger partial charge in [0.15, 0.2) is 0 Å². The quantitative estimate of drug-likeness (QED) is 0.742. The molecule has 0 amide bonds. The van der Waals surface area contributed by atoms with Crippen LogP contribution in [0.2, 0.25) is 5.02 Å². The van der Waals surface area contributed by atoms with E-state index < -0.39 is 11.5 Å². The van der Waals surface area contributed by atoms with E-state index in [0.29, 0.717) is 22.0 Å². The molecule has 0 aliphatic carbocycles. The Balaban J connectivity index is 2.24. The first kappa shape index (κ1) is 15.0. The Hall–Kier alpha value is -2.93. The number of benzene rings is 1. The van der Waals surface area contributed by atoms with E-state index in [-0.39, 0.29) is 5.56 Å². The van der Waals surface area contributed by atoms with Gasteiger partial charge in [0.05, 0.1) is 19.0 Å². The number of halogens is 1. The van der Waals surface area contributed by atoms with Crippen LogP contribution in [0, 0.1) is 0 Å². The van der Waals surface area contributed by atoms with Crippen molar-refractivity contribution in [2.75, 3.05) is 7.11 Å². The van der Waals surface area contributed by atoms with E-state index in [2.05, 4.69) is 20.0 Å². The van der Waals surface area contributed by atoms with Crippen molar-refractivity contribution < 1.29 is 9.53 Å². The first-order valence-corrected chi connectivity index (χ1v) is 6.95. The number of carbonyl (C=O) groups excluding carboxylic acids is 1. The predicted octanol–water partition coefficient (Wildman–Crippen LogP) is 2.06. The Morgan fingerprint density at radius 3 is 2.65 bits per heavy atom. The molecule has 0 aliphatic heterocycles. The number of nitrogens with zero attached hydrogens (tertiary/aromatic N) is 3. The molecular formula is C15H11ClN4O3. The number of aromatic amines is 1. The van der Waals surface area contributed by atoms with Crippen LogP contribution in [0.3, 0.4) is 0 Å². The summed E-state index contributed by atoms with van der Waals surface area (Å²) in [6.45, 7) is 0. The summed E-state index contributed by atoms with van der Waals surface area (Å²) in [6.07, 6.45) is 2.93. The summed E-state index contributed by atoms with van der Waals surface area (Å²) in [5, 5.41) is 11.3. The number of methoxy groups -OCH3 is 1. The van der Waals surface area contributed by atoms with Gasteiger partial charge in [-0.15, -0.1) is 0 Å². The highest BCUT2D eigenvalue weighted by Gasteiger charge is 2.18. The topological polar surface area (TPSA) is 89.9 Å². The minimum atomic E-state index is -0.732. The molecule has 0 radical (unpaired) electrons. The molecule has 1 N–H and O–H groups in total. The zero-order chi connectivity index (χ0) is 16.4. The highest BCUT2D eigenvalue weighted by Crippen LogP contribution is 2.20. The van der Waals surface area contributed by atoms with Crippen LogP contribution in [-0.4, -0.2) is 33.1 Å². The molecule has 23 heavy (non-hydrogen) atoms. The predicted molar refractivity (Wildman–Crippen MR) is 83.8 cm³/mol. The molecule has 3 rings (SSSR count). The van der Waals surface area contributed by atoms with Gasteiger partial charge in [0.2, 0.25) is 0 Å². The van der Waals surface area contributed by atoms with E-state index in [1.54, 1.807) is 24.3 Å². The number of esters is 1. The van der Waals surface area contributed by atoms with Crippen LogP contribution >= 0.6 is 11.6 Å². The van der Waals surface area contributed by atoms with E-state index in [4.69, 9.17) is 11.6 Å². The average Bonchev–Trinajstić information content (AvgIpc) is 3.09. The van der Waals surface area contributed by atoms with Gasteiger partial charge in [-0.05, 0) is 18.2 Å². The number of aromatic nitrogens is 4. The molecule has 0 spiro atoms. The third kappa shape index (κ3) is 2.86. The van der Waals surface area contributed by atoms with Gasteiger partial charge in [-0.25, -0.2) is 4.79 Å². The average molecular weight is 331 g/mol. The summed E-state index contributed by atoms with van der Waals surface area (Å²) < 4.78 is 5.77. The number of hydrogen-bond donors (Lipinski definition) is 1. The van der Waals surface area contributed by atoms with Crippen molar-refractivity contribution in [1.82, 2.24) is 20.0 Å². The Labute approximate surface area is 135 Å². The minimum absolute atomic E-state index is 0.117. The fraction of sp³-hybridized carbons (Fsp3) is 0.0667. The van der Waals surface area contributed by atoms with Crippen molar-refractivity contribution in [2.24, 2.45) is 0 Å². The molecule has 0 aliphatic rings. The molecule has 3 aromatic rings. The lowest BCUT2D eigenvalue weighted by molar-refractivity contribution is 0.0598. The van der Waals surface area contributed by atoms with Crippen LogP contribution < -0.4 is 5.56 Å². The molecule has 0 atom stereocenters. The third-order valence-electron chi connectivity index (χ3n) is 3.19. The van der Waals surface area contributed by atoms with Gasteiger partial charge in [0.25, 0.3) is 5.56 Å². The van der Waals surface area contributed by atoms with Gasteiger partial charge in [0.1, 0.15) is 11.3 Å². The van der Waals surface area contributed by atoms with Crippen LogP contribution in [0.4, 0.5) is 0 Å². The van der Waals surface area contributed by atoms with Crippen LogP contribution in [0.15, 0.2) is 47.5 Å². The number of nitrogens with one attached hydrogen (secondary N) is 1. The Kier molecular flexibility index (Phi) is 3.94. The second-order valence-corrected chi connectivity index (χ2v) is 5.05. The van der Waals surface area contributed by atoms with Crippen LogP contribution in [0.25, 0.3) is 16.9 Å². The molecule has 2 heterocycles. The highest BCUT2D eigenvalue weighted by atomic mass is 35.5. The molecular weight excluding hydrogens is 320 g/mol. The maximum Gasteiger partial charge on any atom is 0.343 e. The first-order valence-electron chi connectivity index (χ1n) is 6.58. The molecule has 0 fully saturated rings. The summed E-state index contributed by atoms with van der Waals surface area (Å²) in [6, 6.07) is 8.28. The van der Waals surface area contributed by atoms with Crippen molar-refractivity contribution in [2.45, 2.75) is 0 Å². The van der Waals surface area contributed by atoms with Crippen molar-refractivity contribution in [3.63, 3.8) is 0 Å². The van der Waals surface area contributed by atoms with Crippen molar-refractivity contribution >= 4 is 17.6 Å². The van der Waals surface area contributed by atoms with E-state index in [1.807, 2.05) is 0 Å². The van der Waals surface area contributed by atoms with Crippen LogP contribution in [-0.2, 0) is 4.74 Å². The van der Waals surface area contributed by atoms with Gasteiger partial charge in [-0.3, -0.25) is 9.89 Å². The van der Waals surface area contributed by atoms with Crippen molar-refractivity contribution in [1.29, 1.82) is 0 Å². The SMILES string of the molecule is COC(=O)c1cc(-c2ccc(Cl)cc2)nn(-c2cn[nH]c2)c1=O. The highest BCUT2D eigenvalue weighted by molar-refractivity contribution is 6.30. The molecule has 8 heteroatoms.